The molecule has 6 heteroatoms. The number of carbonyl (C=O) groups is 1. The molecule has 0 spiro atoms. The van der Waals surface area contributed by atoms with Gasteiger partial charge in [0.1, 0.15) is 12.4 Å². The number of hydrogen-bond acceptors (Lipinski definition) is 5. The number of nitrogens with zero attached hydrogens (tertiary/aromatic N) is 2. The van der Waals surface area contributed by atoms with Crippen LogP contribution in [0.5, 0.6) is 5.75 Å². The number of nitrogens with one attached hydrogen (secondary N) is 1. The lowest BCUT2D eigenvalue weighted by Crippen LogP contribution is -2.23. The van der Waals surface area contributed by atoms with Crippen LogP contribution >= 0.6 is 11.3 Å². The summed E-state index contributed by atoms with van der Waals surface area (Å²) in [5.74, 6) is 0.714. The number of ether oxygens (including phenoxy) is 1. The summed E-state index contributed by atoms with van der Waals surface area (Å²) in [6.45, 7) is 2.36. The molecule has 5 rings (SSSR count). The molecule has 0 aliphatic carbocycles. The molecule has 2 aliphatic rings. The third-order valence-electron chi connectivity index (χ3n) is 5.33. The summed E-state index contributed by atoms with van der Waals surface area (Å²) in [6, 6.07) is 16.1. The Morgan fingerprint density at radius 2 is 2.04 bits per heavy atom. The third-order valence-corrected chi connectivity index (χ3v) is 6.10. The monoisotopic (exact) mass is 391 g/mol. The van der Waals surface area contributed by atoms with Gasteiger partial charge in [0.25, 0.3) is 5.91 Å². The Morgan fingerprint density at radius 1 is 1.14 bits per heavy atom. The summed E-state index contributed by atoms with van der Waals surface area (Å²) in [5, 5.41) is 5.68. The number of fused-ring (bicyclic) bond motifs is 8. The summed E-state index contributed by atoms with van der Waals surface area (Å²) < 4.78 is 6.00. The van der Waals surface area contributed by atoms with Crippen molar-refractivity contribution in [3.8, 4) is 5.75 Å². The van der Waals surface area contributed by atoms with Gasteiger partial charge >= 0.3 is 0 Å². The van der Waals surface area contributed by atoms with E-state index in [1.807, 2.05) is 36.4 Å². The van der Waals surface area contributed by atoms with Crippen LogP contribution in [0.3, 0.4) is 0 Å². The first-order valence-electron chi connectivity index (χ1n) is 9.56. The Morgan fingerprint density at radius 3 is 3.00 bits per heavy atom. The van der Waals surface area contributed by atoms with E-state index in [-0.39, 0.29) is 5.91 Å². The Labute approximate surface area is 168 Å². The van der Waals surface area contributed by atoms with E-state index in [0.29, 0.717) is 23.3 Å². The Kier molecular flexibility index (Phi) is 4.58. The van der Waals surface area contributed by atoms with Crippen LogP contribution in [-0.4, -0.2) is 22.3 Å². The molecular formula is C22H21N3O2S. The maximum absolute atomic E-state index is 12.6. The van der Waals surface area contributed by atoms with E-state index >= 15 is 0 Å². The van der Waals surface area contributed by atoms with Crippen molar-refractivity contribution < 1.29 is 9.53 Å². The summed E-state index contributed by atoms with van der Waals surface area (Å²) in [7, 11) is 0. The highest BCUT2D eigenvalue weighted by molar-refractivity contribution is 7.14. The molecule has 142 valence electrons. The van der Waals surface area contributed by atoms with Gasteiger partial charge in [-0.15, -0.1) is 11.3 Å². The van der Waals surface area contributed by atoms with Gasteiger partial charge in [-0.3, -0.25) is 15.0 Å². The van der Waals surface area contributed by atoms with E-state index in [0.717, 1.165) is 42.9 Å². The van der Waals surface area contributed by atoms with Crippen LogP contribution in [0.2, 0.25) is 0 Å². The minimum absolute atomic E-state index is 0.139. The van der Waals surface area contributed by atoms with Crippen LogP contribution < -0.4 is 10.1 Å². The molecule has 3 aromatic rings. The lowest BCUT2D eigenvalue weighted by atomic mass is 10.1. The van der Waals surface area contributed by atoms with Crippen LogP contribution in [0.25, 0.3) is 0 Å². The van der Waals surface area contributed by atoms with Gasteiger partial charge in [-0.05, 0) is 54.8 Å². The molecule has 2 aromatic carbocycles. The topological polar surface area (TPSA) is 54.5 Å². The van der Waals surface area contributed by atoms with E-state index in [1.165, 1.54) is 16.9 Å². The predicted molar refractivity (Wildman–Crippen MR) is 110 cm³/mol. The molecule has 1 saturated heterocycles. The molecule has 2 aliphatic heterocycles. The largest absolute Gasteiger partial charge is 0.489 e. The Bertz CT molecular complexity index is 1020. The van der Waals surface area contributed by atoms with Crippen molar-refractivity contribution in [3.05, 3.63) is 76.3 Å². The quantitative estimate of drug-likeness (QED) is 0.607. The number of hydrogen-bond donors (Lipinski definition) is 1. The second-order valence-electron chi connectivity index (χ2n) is 7.30. The summed E-state index contributed by atoms with van der Waals surface area (Å²) in [4.78, 5) is 19.8. The van der Waals surface area contributed by atoms with Gasteiger partial charge in [0.15, 0.2) is 5.13 Å². The number of carbonyl (C=O) groups excluding carboxylic acids is 1. The highest BCUT2D eigenvalue weighted by Crippen LogP contribution is 2.35. The zero-order valence-electron chi connectivity index (χ0n) is 15.4. The molecule has 1 amide bonds. The molecule has 28 heavy (non-hydrogen) atoms. The zero-order chi connectivity index (χ0) is 18.9. The molecule has 3 heterocycles. The number of anilines is 1. The highest BCUT2D eigenvalue weighted by Gasteiger charge is 2.28. The van der Waals surface area contributed by atoms with Gasteiger partial charge < -0.3 is 4.74 Å². The molecule has 0 saturated carbocycles. The van der Waals surface area contributed by atoms with E-state index < -0.39 is 0 Å². The number of benzene rings is 2. The van der Waals surface area contributed by atoms with Gasteiger partial charge in [-0.1, -0.05) is 24.3 Å². The van der Waals surface area contributed by atoms with Gasteiger partial charge in [-0.25, -0.2) is 4.98 Å². The minimum Gasteiger partial charge on any atom is -0.489 e. The number of thiazole rings is 1. The van der Waals surface area contributed by atoms with Crippen molar-refractivity contribution in [2.75, 3.05) is 11.9 Å². The second kappa shape index (κ2) is 7.37. The van der Waals surface area contributed by atoms with Gasteiger partial charge in [0.2, 0.25) is 0 Å². The highest BCUT2D eigenvalue weighted by atomic mass is 32.1. The predicted octanol–water partition coefficient (Wildman–Crippen LogP) is 4.62. The molecule has 6 bridgehead atoms. The van der Waals surface area contributed by atoms with Crippen molar-refractivity contribution in [1.82, 2.24) is 9.88 Å². The van der Waals surface area contributed by atoms with Crippen molar-refractivity contribution in [1.29, 1.82) is 0 Å². The normalized spacial score (nSPS) is 19.6. The summed E-state index contributed by atoms with van der Waals surface area (Å²) in [6.07, 6.45) is 2.25. The van der Waals surface area contributed by atoms with Crippen LogP contribution in [0, 0.1) is 0 Å². The minimum atomic E-state index is -0.139. The molecule has 1 aromatic heterocycles. The van der Waals surface area contributed by atoms with E-state index in [9.17, 15) is 4.79 Å². The smallest absolute Gasteiger partial charge is 0.257 e. The van der Waals surface area contributed by atoms with Crippen LogP contribution in [-0.2, 0) is 13.2 Å². The molecule has 0 radical (unpaired) electrons. The number of aromatic nitrogens is 1. The van der Waals surface area contributed by atoms with Crippen LogP contribution in [0.15, 0.2) is 53.9 Å². The first-order valence-corrected chi connectivity index (χ1v) is 10.4. The lowest BCUT2D eigenvalue weighted by Gasteiger charge is -2.23. The van der Waals surface area contributed by atoms with E-state index in [1.54, 1.807) is 0 Å². The molecular weight excluding hydrogens is 370 g/mol. The number of amides is 1. The summed E-state index contributed by atoms with van der Waals surface area (Å²) >= 11 is 1.49. The van der Waals surface area contributed by atoms with Gasteiger partial charge in [-0.2, -0.15) is 0 Å². The molecule has 1 atom stereocenters. The maximum atomic E-state index is 12.6. The standard InChI is InChI=1S/C22H21N3O2S/c26-21-17-6-1-5-16(10-17)13-27-18-7-2-4-15(11-18)12-25-9-3-8-20(25)19-14-28-22(23-19)24-21/h1-2,4-7,10-11,14,20H,3,8-9,12-13H2,(H,23,24,26)/t20-/m1/s1. The number of rotatable bonds is 0. The fourth-order valence-electron chi connectivity index (χ4n) is 3.95. The molecule has 5 nitrogen and oxygen atoms in total. The van der Waals surface area contributed by atoms with Crippen molar-refractivity contribution in [3.63, 3.8) is 0 Å². The summed E-state index contributed by atoms with van der Waals surface area (Å²) in [5.41, 5.74) is 3.87. The maximum Gasteiger partial charge on any atom is 0.257 e. The van der Waals surface area contributed by atoms with Gasteiger partial charge in [0, 0.05) is 17.5 Å². The average molecular weight is 391 g/mol. The van der Waals surface area contributed by atoms with Gasteiger partial charge in [0.05, 0.1) is 11.7 Å². The Hall–Kier alpha value is -2.70. The van der Waals surface area contributed by atoms with Crippen molar-refractivity contribution in [2.24, 2.45) is 0 Å². The van der Waals surface area contributed by atoms with Crippen LogP contribution in [0.1, 0.15) is 46.1 Å². The van der Waals surface area contributed by atoms with E-state index in [2.05, 4.69) is 27.7 Å². The van der Waals surface area contributed by atoms with Crippen LogP contribution in [0.4, 0.5) is 5.13 Å². The van der Waals surface area contributed by atoms with Crippen molar-refractivity contribution in [2.45, 2.75) is 32.0 Å². The lowest BCUT2D eigenvalue weighted by molar-refractivity contribution is 0.102. The molecule has 0 unspecified atom stereocenters. The fourth-order valence-corrected chi connectivity index (χ4v) is 4.71. The second-order valence-corrected chi connectivity index (χ2v) is 8.15. The third kappa shape index (κ3) is 3.53. The SMILES string of the molecule is O=C1Nc2nc(cs2)[C@H]2CCCN2Cc2cccc(c2)OCc2cccc1c2. The molecule has 1 N–H and O–H groups in total. The first kappa shape index (κ1) is 17.4. The average Bonchev–Trinajstić information content (AvgIpc) is 3.35. The molecule has 1 fully saturated rings. The first-order chi connectivity index (χ1) is 13.7. The van der Waals surface area contributed by atoms with Crippen molar-refractivity contribution >= 4 is 22.4 Å². The van der Waals surface area contributed by atoms with E-state index in [4.69, 9.17) is 9.72 Å². The fraction of sp³-hybridized carbons (Fsp3) is 0.273. The Balaban J connectivity index is 1.53. The zero-order valence-corrected chi connectivity index (χ0v) is 16.2.